The molecule has 1 aliphatic rings. The molecule has 1 heterocycles. The summed E-state index contributed by atoms with van der Waals surface area (Å²) in [5, 5.41) is 11.3. The molecule has 0 spiro atoms. The Balaban J connectivity index is 1.90. The second-order valence-corrected chi connectivity index (χ2v) is 8.66. The van der Waals surface area contributed by atoms with E-state index in [0.717, 1.165) is 6.07 Å². The number of carbonyl (C=O) groups excluding carboxylic acids is 1. The number of alkyl halides is 2. The van der Waals surface area contributed by atoms with Crippen LogP contribution in [-0.2, 0) is 10.0 Å². The first-order valence-electron chi connectivity index (χ1n) is 8.64. The molecule has 0 bridgehead atoms. The number of hydrogen-bond donors (Lipinski definition) is 2. The standard InChI is InChI=1S/C18H14F6N2O4S/c19-11-2-1-9(17(28)25-10-6-12(20)16(22)13(21)7-10)5-14(11)31(29,30)26-4-3-15(27)18(23,24)8-26/h1-2,5-7,15,27H,3-4,8H2,(H,25,28). The molecule has 6 nitrogen and oxygen atoms in total. The van der Waals surface area contributed by atoms with E-state index in [2.05, 4.69) is 0 Å². The van der Waals surface area contributed by atoms with Crippen LogP contribution in [0.5, 0.6) is 0 Å². The Kier molecular flexibility index (Phi) is 6.04. The molecule has 1 saturated heterocycles. The van der Waals surface area contributed by atoms with Gasteiger partial charge in [0.2, 0.25) is 10.0 Å². The van der Waals surface area contributed by atoms with Gasteiger partial charge in [-0.25, -0.2) is 34.8 Å². The Morgan fingerprint density at radius 2 is 1.68 bits per heavy atom. The Labute approximate surface area is 172 Å². The minimum Gasteiger partial charge on any atom is -0.387 e. The maximum atomic E-state index is 14.2. The summed E-state index contributed by atoms with van der Waals surface area (Å²) in [7, 11) is -4.82. The molecule has 13 heteroatoms. The van der Waals surface area contributed by atoms with Crippen molar-refractivity contribution in [3.63, 3.8) is 0 Å². The van der Waals surface area contributed by atoms with E-state index in [0.29, 0.717) is 24.3 Å². The number of rotatable bonds is 4. The molecule has 2 aromatic rings. The Morgan fingerprint density at radius 1 is 1.06 bits per heavy atom. The third kappa shape index (κ3) is 4.52. The zero-order valence-corrected chi connectivity index (χ0v) is 16.2. The van der Waals surface area contributed by atoms with Crippen LogP contribution in [0.15, 0.2) is 35.2 Å². The van der Waals surface area contributed by atoms with Gasteiger partial charge in [-0.15, -0.1) is 0 Å². The minimum atomic E-state index is -4.82. The van der Waals surface area contributed by atoms with Crippen molar-refractivity contribution in [1.29, 1.82) is 0 Å². The first-order chi connectivity index (χ1) is 14.3. The zero-order valence-electron chi connectivity index (χ0n) is 15.4. The highest BCUT2D eigenvalue weighted by atomic mass is 32.2. The van der Waals surface area contributed by atoms with E-state index in [1.165, 1.54) is 0 Å². The molecule has 2 N–H and O–H groups in total. The summed E-state index contributed by atoms with van der Waals surface area (Å²) in [6.45, 7) is -1.90. The zero-order chi connectivity index (χ0) is 23.1. The molecule has 1 fully saturated rings. The molecule has 0 saturated carbocycles. The van der Waals surface area contributed by atoms with Gasteiger partial charge in [-0.2, -0.15) is 4.31 Å². The number of anilines is 1. The van der Waals surface area contributed by atoms with Crippen molar-refractivity contribution in [2.24, 2.45) is 0 Å². The quantitative estimate of drug-likeness (QED) is 0.534. The average molecular weight is 468 g/mol. The third-order valence-corrected chi connectivity index (χ3v) is 6.44. The van der Waals surface area contributed by atoms with Crippen LogP contribution in [0, 0.1) is 23.3 Å². The molecular weight excluding hydrogens is 454 g/mol. The molecule has 1 atom stereocenters. The normalized spacial score (nSPS) is 19.3. The Hall–Kier alpha value is -2.64. The molecule has 168 valence electrons. The van der Waals surface area contributed by atoms with Crippen LogP contribution in [0.25, 0.3) is 0 Å². The molecule has 1 amide bonds. The summed E-state index contributed by atoms with van der Waals surface area (Å²) in [5.74, 6) is -11.2. The van der Waals surface area contributed by atoms with Gasteiger partial charge in [0.1, 0.15) is 16.8 Å². The highest BCUT2D eigenvalue weighted by Gasteiger charge is 2.47. The first-order valence-corrected chi connectivity index (χ1v) is 10.1. The monoisotopic (exact) mass is 468 g/mol. The summed E-state index contributed by atoms with van der Waals surface area (Å²) in [5.41, 5.74) is -0.978. The first kappa shape index (κ1) is 23.0. The molecule has 0 radical (unpaired) electrons. The maximum Gasteiger partial charge on any atom is 0.286 e. The lowest BCUT2D eigenvalue weighted by molar-refractivity contribution is -0.136. The smallest absolute Gasteiger partial charge is 0.286 e. The summed E-state index contributed by atoms with van der Waals surface area (Å²) < 4.78 is 107. The van der Waals surface area contributed by atoms with Crippen molar-refractivity contribution in [1.82, 2.24) is 4.31 Å². The van der Waals surface area contributed by atoms with Gasteiger partial charge < -0.3 is 10.4 Å². The van der Waals surface area contributed by atoms with Crippen molar-refractivity contribution in [3.8, 4) is 0 Å². The fourth-order valence-electron chi connectivity index (χ4n) is 2.91. The lowest BCUT2D eigenvalue weighted by Crippen LogP contribution is -2.53. The van der Waals surface area contributed by atoms with Crippen LogP contribution in [-0.4, -0.2) is 48.9 Å². The van der Waals surface area contributed by atoms with E-state index in [9.17, 15) is 44.7 Å². The third-order valence-electron chi connectivity index (χ3n) is 4.58. The van der Waals surface area contributed by atoms with Crippen molar-refractivity contribution in [3.05, 3.63) is 59.2 Å². The van der Waals surface area contributed by atoms with Crippen LogP contribution < -0.4 is 5.32 Å². The van der Waals surface area contributed by atoms with Crippen LogP contribution in [0.2, 0.25) is 0 Å². The molecule has 3 rings (SSSR count). The van der Waals surface area contributed by atoms with E-state index < -0.39 is 86.9 Å². The number of aliphatic hydroxyl groups is 1. The number of sulfonamides is 1. The van der Waals surface area contributed by atoms with E-state index >= 15 is 0 Å². The summed E-state index contributed by atoms with van der Waals surface area (Å²) in [6, 6.07) is 2.97. The number of piperidine rings is 1. The second kappa shape index (κ2) is 8.13. The number of benzene rings is 2. The van der Waals surface area contributed by atoms with Crippen LogP contribution >= 0.6 is 0 Å². The molecule has 1 aliphatic heterocycles. The fourth-order valence-corrected chi connectivity index (χ4v) is 4.47. The van der Waals surface area contributed by atoms with Gasteiger partial charge in [0, 0.05) is 29.9 Å². The number of amides is 1. The fraction of sp³-hybridized carbons (Fsp3) is 0.278. The topological polar surface area (TPSA) is 86.7 Å². The van der Waals surface area contributed by atoms with Gasteiger partial charge >= 0.3 is 0 Å². The number of aliphatic hydroxyl groups excluding tert-OH is 1. The van der Waals surface area contributed by atoms with Crippen molar-refractivity contribution in [2.75, 3.05) is 18.4 Å². The second-order valence-electron chi connectivity index (χ2n) is 6.76. The molecule has 31 heavy (non-hydrogen) atoms. The SMILES string of the molecule is O=C(Nc1cc(F)c(F)c(F)c1)c1ccc(F)c(S(=O)(=O)N2CCC(O)C(F)(F)C2)c1. The van der Waals surface area contributed by atoms with Gasteiger partial charge in [0.25, 0.3) is 11.8 Å². The number of hydrogen-bond acceptors (Lipinski definition) is 4. The largest absolute Gasteiger partial charge is 0.387 e. The number of carbonyl (C=O) groups is 1. The summed E-state index contributed by atoms with van der Waals surface area (Å²) >= 11 is 0. The molecular formula is C18H14F6N2O4S. The highest BCUT2D eigenvalue weighted by molar-refractivity contribution is 7.89. The molecule has 2 aromatic carbocycles. The van der Waals surface area contributed by atoms with Gasteiger partial charge in [0.05, 0.1) is 6.54 Å². The van der Waals surface area contributed by atoms with Gasteiger partial charge in [-0.3, -0.25) is 4.79 Å². The number of halogens is 6. The van der Waals surface area contributed by atoms with E-state index in [4.69, 9.17) is 0 Å². The summed E-state index contributed by atoms with van der Waals surface area (Å²) in [6.07, 6.45) is -2.65. The van der Waals surface area contributed by atoms with Crippen LogP contribution in [0.4, 0.5) is 32.0 Å². The van der Waals surface area contributed by atoms with E-state index in [1.807, 2.05) is 5.32 Å². The lowest BCUT2D eigenvalue weighted by atomic mass is 10.1. The number of nitrogens with zero attached hydrogens (tertiary/aromatic N) is 1. The Morgan fingerprint density at radius 3 is 2.26 bits per heavy atom. The van der Waals surface area contributed by atoms with Crippen LogP contribution in [0.3, 0.4) is 0 Å². The van der Waals surface area contributed by atoms with E-state index in [-0.39, 0.29) is 4.31 Å². The van der Waals surface area contributed by atoms with Gasteiger partial charge in [-0.05, 0) is 24.6 Å². The van der Waals surface area contributed by atoms with Crippen LogP contribution in [0.1, 0.15) is 16.8 Å². The lowest BCUT2D eigenvalue weighted by Gasteiger charge is -2.35. The molecule has 1 unspecified atom stereocenters. The highest BCUT2D eigenvalue weighted by Crippen LogP contribution is 2.32. The van der Waals surface area contributed by atoms with Gasteiger partial charge in [-0.1, -0.05) is 0 Å². The minimum absolute atomic E-state index is 0.282. The molecule has 0 aromatic heterocycles. The summed E-state index contributed by atoms with van der Waals surface area (Å²) in [4.78, 5) is 11.2. The van der Waals surface area contributed by atoms with Crippen molar-refractivity contribution >= 4 is 21.6 Å². The Bertz CT molecular complexity index is 1120. The maximum absolute atomic E-state index is 14.2. The van der Waals surface area contributed by atoms with Gasteiger partial charge in [0.15, 0.2) is 17.5 Å². The van der Waals surface area contributed by atoms with Crippen molar-refractivity contribution in [2.45, 2.75) is 23.3 Å². The molecule has 0 aliphatic carbocycles. The average Bonchev–Trinajstić information content (AvgIpc) is 2.68. The number of nitrogens with one attached hydrogen (secondary N) is 1. The predicted molar refractivity (Wildman–Crippen MR) is 95.0 cm³/mol. The predicted octanol–water partition coefficient (Wildman–Crippen LogP) is 2.89. The van der Waals surface area contributed by atoms with E-state index in [1.54, 1.807) is 0 Å². The van der Waals surface area contributed by atoms with Crippen molar-refractivity contribution < 1.29 is 44.7 Å².